The number of rotatable bonds is 3. The molecule has 2 unspecified atom stereocenters. The average molecular weight is 261 g/mol. The molecule has 4 aliphatic rings. The fourth-order valence-electron chi connectivity index (χ4n) is 5.68. The second-order valence-electron chi connectivity index (χ2n) is 7.78. The van der Waals surface area contributed by atoms with Gasteiger partial charge in [-0.1, -0.05) is 20.4 Å². The summed E-state index contributed by atoms with van der Waals surface area (Å²) in [6.07, 6.45) is 7.78. The Hall–Kier alpha value is -0.790. The maximum Gasteiger partial charge on any atom is 0.246 e. The molecule has 0 heterocycles. The van der Waals surface area contributed by atoms with Gasteiger partial charge < -0.3 is 5.32 Å². The lowest BCUT2D eigenvalue weighted by molar-refractivity contribution is -0.138. The predicted octanol–water partition coefficient (Wildman–Crippen LogP) is 3.67. The zero-order valence-corrected chi connectivity index (χ0v) is 12.6. The minimum Gasteiger partial charge on any atom is -0.346 e. The maximum atomic E-state index is 12.2. The van der Waals surface area contributed by atoms with E-state index in [1.54, 1.807) is 0 Å². The van der Waals surface area contributed by atoms with Crippen LogP contribution in [0.2, 0.25) is 0 Å². The highest BCUT2D eigenvalue weighted by Gasteiger charge is 2.60. The summed E-state index contributed by atoms with van der Waals surface area (Å²) in [7, 11) is 0. The minimum atomic E-state index is 0.0620. The zero-order chi connectivity index (χ0) is 13.8. The summed E-state index contributed by atoms with van der Waals surface area (Å²) in [5.74, 6) is 2.37. The van der Waals surface area contributed by atoms with Crippen LogP contribution in [-0.4, -0.2) is 11.4 Å². The van der Waals surface area contributed by atoms with Crippen molar-refractivity contribution in [2.75, 3.05) is 0 Å². The van der Waals surface area contributed by atoms with Gasteiger partial charge in [-0.25, -0.2) is 0 Å². The maximum absolute atomic E-state index is 12.2. The van der Waals surface area contributed by atoms with Gasteiger partial charge in [0.15, 0.2) is 0 Å². The predicted molar refractivity (Wildman–Crippen MR) is 77.6 cm³/mol. The van der Waals surface area contributed by atoms with Crippen molar-refractivity contribution in [2.24, 2.45) is 23.2 Å². The molecule has 1 N–H and O–H groups in total. The van der Waals surface area contributed by atoms with Crippen LogP contribution in [-0.2, 0) is 4.79 Å². The molecule has 4 saturated carbocycles. The Balaban J connectivity index is 1.90. The quantitative estimate of drug-likeness (QED) is 0.772. The first-order valence-electron chi connectivity index (χ1n) is 7.86. The Labute approximate surface area is 117 Å². The van der Waals surface area contributed by atoms with E-state index in [0.717, 1.165) is 12.3 Å². The molecule has 2 nitrogen and oxygen atoms in total. The minimum absolute atomic E-state index is 0.0620. The van der Waals surface area contributed by atoms with Crippen molar-refractivity contribution in [3.05, 3.63) is 12.2 Å². The first-order valence-corrected chi connectivity index (χ1v) is 7.86. The van der Waals surface area contributed by atoms with Crippen molar-refractivity contribution in [3.8, 4) is 0 Å². The summed E-state index contributed by atoms with van der Waals surface area (Å²) in [4.78, 5) is 12.2. The molecular weight excluding hydrogens is 234 g/mol. The topological polar surface area (TPSA) is 29.1 Å². The summed E-state index contributed by atoms with van der Waals surface area (Å²) in [5, 5.41) is 3.40. The van der Waals surface area contributed by atoms with Crippen LogP contribution in [0.15, 0.2) is 12.2 Å². The number of carbonyl (C=O) groups excluding carboxylic acids is 1. The van der Waals surface area contributed by atoms with Gasteiger partial charge >= 0.3 is 0 Å². The molecular formula is C17H27NO. The Morgan fingerprint density at radius 3 is 2.26 bits per heavy atom. The van der Waals surface area contributed by atoms with Gasteiger partial charge in [-0.05, 0) is 68.6 Å². The van der Waals surface area contributed by atoms with E-state index >= 15 is 0 Å². The largest absolute Gasteiger partial charge is 0.346 e. The van der Waals surface area contributed by atoms with Crippen molar-refractivity contribution in [3.63, 3.8) is 0 Å². The lowest BCUT2D eigenvalue weighted by Crippen LogP contribution is -2.67. The standard InChI is InChI=1S/C17H27NO/c1-5-17(18-15(19)11(2)3)13-6-12-7-14(17)10-16(4,8-12)9-13/h12-14H,2,5-10H2,1,3-4H3,(H,18,19). The van der Waals surface area contributed by atoms with E-state index in [0.29, 0.717) is 22.8 Å². The number of carbonyl (C=O) groups is 1. The third-order valence-corrected chi connectivity index (χ3v) is 6.27. The van der Waals surface area contributed by atoms with E-state index in [1.165, 1.54) is 32.1 Å². The molecule has 2 heteroatoms. The zero-order valence-electron chi connectivity index (χ0n) is 12.6. The fraction of sp³-hybridized carbons (Fsp3) is 0.824. The van der Waals surface area contributed by atoms with Gasteiger partial charge in [0.05, 0.1) is 0 Å². The Morgan fingerprint density at radius 2 is 1.84 bits per heavy atom. The van der Waals surface area contributed by atoms with E-state index in [-0.39, 0.29) is 11.4 Å². The van der Waals surface area contributed by atoms with Crippen LogP contribution >= 0.6 is 0 Å². The van der Waals surface area contributed by atoms with Crippen molar-refractivity contribution in [2.45, 2.75) is 64.8 Å². The molecule has 0 aromatic heterocycles. The fourth-order valence-corrected chi connectivity index (χ4v) is 5.68. The summed E-state index contributed by atoms with van der Waals surface area (Å²) in [5.41, 5.74) is 1.27. The number of hydrogen-bond donors (Lipinski definition) is 1. The molecule has 4 bridgehead atoms. The molecule has 2 atom stereocenters. The monoisotopic (exact) mass is 261 g/mol. The summed E-state index contributed by atoms with van der Waals surface area (Å²) in [6, 6.07) is 0. The average Bonchev–Trinajstić information content (AvgIpc) is 2.31. The lowest BCUT2D eigenvalue weighted by atomic mass is 9.43. The molecule has 1 amide bonds. The SMILES string of the molecule is C=C(C)C(=O)NC1(CC)C2CC3CC1CC(C)(C3)C2. The van der Waals surface area contributed by atoms with Gasteiger partial charge in [0.2, 0.25) is 5.91 Å². The van der Waals surface area contributed by atoms with Crippen molar-refractivity contribution < 1.29 is 4.79 Å². The third kappa shape index (κ3) is 1.86. The molecule has 0 saturated heterocycles. The van der Waals surface area contributed by atoms with E-state index in [1.807, 2.05) is 6.92 Å². The van der Waals surface area contributed by atoms with E-state index in [9.17, 15) is 4.79 Å². The highest BCUT2D eigenvalue weighted by Crippen LogP contribution is 2.64. The molecule has 106 valence electrons. The molecule has 4 fully saturated rings. The van der Waals surface area contributed by atoms with Gasteiger partial charge in [-0.3, -0.25) is 4.79 Å². The first kappa shape index (κ1) is 13.2. The van der Waals surface area contributed by atoms with Crippen LogP contribution < -0.4 is 5.32 Å². The van der Waals surface area contributed by atoms with Gasteiger partial charge in [0, 0.05) is 11.1 Å². The van der Waals surface area contributed by atoms with Gasteiger partial charge in [0.1, 0.15) is 0 Å². The molecule has 4 rings (SSSR count). The molecule has 4 aliphatic carbocycles. The van der Waals surface area contributed by atoms with Crippen LogP contribution in [0.5, 0.6) is 0 Å². The Morgan fingerprint density at radius 1 is 1.26 bits per heavy atom. The van der Waals surface area contributed by atoms with Crippen LogP contribution in [0.1, 0.15) is 59.3 Å². The van der Waals surface area contributed by atoms with Crippen molar-refractivity contribution in [1.82, 2.24) is 5.32 Å². The smallest absolute Gasteiger partial charge is 0.246 e. The second kappa shape index (κ2) is 4.10. The van der Waals surface area contributed by atoms with Crippen LogP contribution in [0.3, 0.4) is 0 Å². The third-order valence-electron chi connectivity index (χ3n) is 6.27. The van der Waals surface area contributed by atoms with Crippen LogP contribution in [0, 0.1) is 23.2 Å². The van der Waals surface area contributed by atoms with Crippen LogP contribution in [0.25, 0.3) is 0 Å². The van der Waals surface area contributed by atoms with E-state index < -0.39 is 0 Å². The van der Waals surface area contributed by atoms with Gasteiger partial charge in [-0.2, -0.15) is 0 Å². The summed E-state index contributed by atoms with van der Waals surface area (Å²) < 4.78 is 0. The molecule has 0 radical (unpaired) electrons. The van der Waals surface area contributed by atoms with Crippen molar-refractivity contribution in [1.29, 1.82) is 0 Å². The lowest BCUT2D eigenvalue weighted by Gasteiger charge is -2.65. The summed E-state index contributed by atoms with van der Waals surface area (Å²) in [6.45, 7) is 10.3. The summed E-state index contributed by atoms with van der Waals surface area (Å²) >= 11 is 0. The van der Waals surface area contributed by atoms with Crippen LogP contribution in [0.4, 0.5) is 0 Å². The van der Waals surface area contributed by atoms with Crippen molar-refractivity contribution >= 4 is 5.91 Å². The second-order valence-corrected chi connectivity index (χ2v) is 7.78. The highest BCUT2D eigenvalue weighted by molar-refractivity contribution is 5.92. The highest BCUT2D eigenvalue weighted by atomic mass is 16.1. The molecule has 0 spiro atoms. The van der Waals surface area contributed by atoms with Gasteiger partial charge in [-0.15, -0.1) is 0 Å². The van der Waals surface area contributed by atoms with Gasteiger partial charge in [0.25, 0.3) is 0 Å². The van der Waals surface area contributed by atoms with E-state index in [2.05, 4.69) is 25.7 Å². The molecule has 0 aromatic rings. The first-order chi connectivity index (χ1) is 8.88. The molecule has 0 aromatic carbocycles. The Bertz CT molecular complexity index is 409. The normalized spacial score (nSPS) is 47.2. The van der Waals surface area contributed by atoms with E-state index in [4.69, 9.17) is 0 Å². The number of nitrogens with one attached hydrogen (secondary N) is 1. The molecule has 0 aliphatic heterocycles. The Kier molecular flexibility index (Phi) is 2.85. The molecule has 19 heavy (non-hydrogen) atoms. The number of amides is 1. The number of hydrogen-bond acceptors (Lipinski definition) is 1.